The number of carbonyl (C=O) groups is 3. The van der Waals surface area contributed by atoms with E-state index < -0.39 is 6.04 Å². The lowest BCUT2D eigenvalue weighted by molar-refractivity contribution is -0.133. The quantitative estimate of drug-likeness (QED) is 0.203. The van der Waals surface area contributed by atoms with Crippen molar-refractivity contribution in [2.24, 2.45) is 0 Å². The molecular formula is C45H48N4O5. The fourth-order valence-corrected chi connectivity index (χ4v) is 8.84. The molecule has 4 aliphatic rings. The number of allylic oxidation sites excluding steroid dienone is 1. The van der Waals surface area contributed by atoms with Crippen molar-refractivity contribution in [1.29, 1.82) is 0 Å². The smallest absolute Gasteiger partial charge is 0.255 e. The highest BCUT2D eigenvalue weighted by Gasteiger charge is 2.38. The number of hydrogen-bond acceptors (Lipinski definition) is 6. The number of hydrogen-bond donors (Lipinski definition) is 2. The summed E-state index contributed by atoms with van der Waals surface area (Å²) in [6.07, 6.45) is 4.26. The van der Waals surface area contributed by atoms with Crippen LogP contribution < -0.4 is 10.1 Å². The second-order valence-electron chi connectivity index (χ2n) is 15.1. The fraction of sp³-hybridized carbons (Fsp3) is 0.356. The van der Waals surface area contributed by atoms with E-state index in [4.69, 9.17) is 4.74 Å². The second-order valence-corrected chi connectivity index (χ2v) is 15.1. The first kappa shape index (κ1) is 35.6. The van der Waals surface area contributed by atoms with Crippen molar-refractivity contribution in [3.05, 3.63) is 142 Å². The zero-order valence-corrected chi connectivity index (χ0v) is 30.7. The summed E-state index contributed by atoms with van der Waals surface area (Å²) in [4.78, 5) is 44.7. The summed E-state index contributed by atoms with van der Waals surface area (Å²) in [5.41, 5.74) is 8.39. The van der Waals surface area contributed by atoms with Gasteiger partial charge in [0.1, 0.15) is 24.1 Å². The highest BCUT2D eigenvalue weighted by Crippen LogP contribution is 2.47. The zero-order valence-electron chi connectivity index (χ0n) is 30.7. The van der Waals surface area contributed by atoms with E-state index in [-0.39, 0.29) is 23.6 Å². The Kier molecular flexibility index (Phi) is 10.2. The Morgan fingerprint density at radius 3 is 2.43 bits per heavy atom. The van der Waals surface area contributed by atoms with Gasteiger partial charge >= 0.3 is 0 Å². The minimum absolute atomic E-state index is 0.108. The van der Waals surface area contributed by atoms with Crippen LogP contribution in [0.5, 0.6) is 11.5 Å². The average Bonchev–Trinajstić information content (AvgIpc) is 3.52. The number of nitrogens with one attached hydrogen (secondary N) is 1. The molecule has 54 heavy (non-hydrogen) atoms. The van der Waals surface area contributed by atoms with Crippen LogP contribution in [0.1, 0.15) is 81.3 Å². The van der Waals surface area contributed by atoms with Crippen LogP contribution in [-0.4, -0.2) is 82.9 Å². The highest BCUT2D eigenvalue weighted by atomic mass is 16.5. The Labute approximate surface area is 317 Å². The molecule has 3 aliphatic heterocycles. The molecule has 4 aromatic carbocycles. The molecule has 9 heteroatoms. The Balaban J connectivity index is 0.794. The summed E-state index contributed by atoms with van der Waals surface area (Å²) in [6.45, 7) is 8.63. The first-order valence-corrected chi connectivity index (χ1v) is 19.3. The SMILES string of the molecule is C=C1CCC(N2Cc3cc(CCC(=O)N4CCN(CCOc5ccc([C@@H]6c7ccc(O)cc7CC[C@@H]6c6ccccc6)cc5)CC4)ccc3C2=O)C(=O)N1. The van der Waals surface area contributed by atoms with E-state index in [1.807, 2.05) is 29.2 Å². The van der Waals surface area contributed by atoms with Crippen molar-refractivity contribution in [2.45, 2.75) is 62.9 Å². The van der Waals surface area contributed by atoms with Gasteiger partial charge in [-0.1, -0.05) is 67.2 Å². The van der Waals surface area contributed by atoms with Gasteiger partial charge in [-0.3, -0.25) is 19.3 Å². The Morgan fingerprint density at radius 1 is 0.852 bits per heavy atom. The molecule has 0 aromatic heterocycles. The maximum atomic E-state index is 13.2. The van der Waals surface area contributed by atoms with Gasteiger partial charge < -0.3 is 25.0 Å². The molecule has 0 radical (unpaired) electrons. The van der Waals surface area contributed by atoms with Crippen LogP contribution >= 0.6 is 0 Å². The molecule has 0 bridgehead atoms. The van der Waals surface area contributed by atoms with Crippen LogP contribution in [0.4, 0.5) is 0 Å². The number of aromatic hydroxyl groups is 1. The van der Waals surface area contributed by atoms with Gasteiger partial charge in [0, 0.05) is 62.9 Å². The van der Waals surface area contributed by atoms with Gasteiger partial charge in [0.25, 0.3) is 5.91 Å². The van der Waals surface area contributed by atoms with E-state index in [0.717, 1.165) is 49.4 Å². The summed E-state index contributed by atoms with van der Waals surface area (Å²) in [6, 6.07) is 30.4. The number of nitrogens with zero attached hydrogens (tertiary/aromatic N) is 3. The Bertz CT molecular complexity index is 2040. The van der Waals surface area contributed by atoms with Crippen LogP contribution in [0, 0.1) is 0 Å². The zero-order chi connectivity index (χ0) is 37.2. The molecule has 2 fully saturated rings. The van der Waals surface area contributed by atoms with Gasteiger partial charge in [-0.05, 0) is 102 Å². The minimum Gasteiger partial charge on any atom is -0.508 e. The van der Waals surface area contributed by atoms with Crippen LogP contribution in [-0.2, 0) is 29.0 Å². The molecule has 2 N–H and O–H groups in total. The van der Waals surface area contributed by atoms with E-state index in [1.54, 1.807) is 11.0 Å². The number of rotatable bonds is 10. The predicted octanol–water partition coefficient (Wildman–Crippen LogP) is 6.16. The molecule has 0 spiro atoms. The molecule has 278 valence electrons. The number of phenols is 1. The average molecular weight is 725 g/mol. The number of ether oxygens (including phenoxy) is 1. The van der Waals surface area contributed by atoms with Crippen molar-refractivity contribution in [3.8, 4) is 11.5 Å². The number of amides is 3. The lowest BCUT2D eigenvalue weighted by Gasteiger charge is -2.35. The van der Waals surface area contributed by atoms with E-state index in [9.17, 15) is 19.5 Å². The van der Waals surface area contributed by atoms with Crippen LogP contribution in [0.15, 0.2) is 103 Å². The molecular weight excluding hydrogens is 677 g/mol. The second kappa shape index (κ2) is 15.5. The summed E-state index contributed by atoms with van der Waals surface area (Å²) >= 11 is 0. The first-order valence-electron chi connectivity index (χ1n) is 19.3. The molecule has 4 aromatic rings. The van der Waals surface area contributed by atoms with Gasteiger partial charge in [0.2, 0.25) is 11.8 Å². The van der Waals surface area contributed by atoms with Crippen LogP contribution in [0.25, 0.3) is 0 Å². The number of piperidine rings is 1. The number of aryl methyl sites for hydroxylation is 2. The first-order chi connectivity index (χ1) is 26.3. The van der Waals surface area contributed by atoms with Gasteiger partial charge in [-0.2, -0.15) is 0 Å². The molecule has 8 rings (SSSR count). The van der Waals surface area contributed by atoms with E-state index in [1.165, 1.54) is 22.3 Å². The van der Waals surface area contributed by atoms with Crippen LogP contribution in [0.2, 0.25) is 0 Å². The standard InChI is InChI=1S/C45H48N4O5/c1-30-7-19-41(44(52)46-30)49-29-35-27-31(8-16-40(35)45(49)53)9-20-42(51)48-23-21-47(22-24-48)25-26-54-37-14-10-33(11-15-37)43-38(32-5-3-2-4-6-32)17-12-34-28-36(50)13-18-39(34)43/h2-6,8,10-11,13-16,18,27-28,38,41,43,50H,1,7,9,12,17,19-26,29H2,(H,46,52)/t38-,41?,43+/m1/s1. The molecule has 0 saturated carbocycles. The summed E-state index contributed by atoms with van der Waals surface area (Å²) in [5.74, 6) is 1.60. The van der Waals surface area contributed by atoms with Crippen molar-refractivity contribution >= 4 is 17.7 Å². The van der Waals surface area contributed by atoms with Gasteiger partial charge in [-0.25, -0.2) is 0 Å². The largest absolute Gasteiger partial charge is 0.508 e. The molecule has 3 amide bonds. The maximum Gasteiger partial charge on any atom is 0.255 e. The molecule has 2 saturated heterocycles. The van der Waals surface area contributed by atoms with Crippen molar-refractivity contribution in [2.75, 3.05) is 39.3 Å². The van der Waals surface area contributed by atoms with Gasteiger partial charge in [-0.15, -0.1) is 0 Å². The summed E-state index contributed by atoms with van der Waals surface area (Å²) < 4.78 is 6.20. The predicted molar refractivity (Wildman–Crippen MR) is 207 cm³/mol. The molecule has 1 aliphatic carbocycles. The number of benzene rings is 4. The van der Waals surface area contributed by atoms with Gasteiger partial charge in [0.05, 0.1) is 0 Å². The number of carbonyl (C=O) groups excluding carboxylic acids is 3. The van der Waals surface area contributed by atoms with E-state index >= 15 is 0 Å². The molecule has 3 heterocycles. The normalized spacial score (nSPS) is 21.4. The highest BCUT2D eigenvalue weighted by molar-refractivity contribution is 6.01. The lowest BCUT2D eigenvalue weighted by Crippen LogP contribution is -2.49. The molecule has 9 nitrogen and oxygen atoms in total. The Hall–Kier alpha value is -5.41. The number of fused-ring (bicyclic) bond motifs is 2. The third-order valence-corrected chi connectivity index (χ3v) is 11.8. The van der Waals surface area contributed by atoms with Crippen molar-refractivity contribution in [1.82, 2.24) is 20.0 Å². The minimum atomic E-state index is -0.477. The molecule has 3 atom stereocenters. The van der Waals surface area contributed by atoms with Crippen LogP contribution in [0.3, 0.4) is 0 Å². The number of piperazine rings is 1. The third-order valence-electron chi connectivity index (χ3n) is 11.8. The monoisotopic (exact) mass is 724 g/mol. The van der Waals surface area contributed by atoms with Crippen molar-refractivity contribution < 1.29 is 24.2 Å². The van der Waals surface area contributed by atoms with Gasteiger partial charge in [0.15, 0.2) is 0 Å². The Morgan fingerprint density at radius 2 is 1.65 bits per heavy atom. The van der Waals surface area contributed by atoms with Crippen molar-refractivity contribution in [3.63, 3.8) is 0 Å². The number of phenolic OH excluding ortho intramolecular Hbond substituents is 1. The lowest BCUT2D eigenvalue weighted by atomic mass is 9.69. The summed E-state index contributed by atoms with van der Waals surface area (Å²) in [7, 11) is 0. The van der Waals surface area contributed by atoms with E-state index in [2.05, 4.69) is 77.5 Å². The summed E-state index contributed by atoms with van der Waals surface area (Å²) in [5, 5.41) is 12.9. The van der Waals surface area contributed by atoms with E-state index in [0.29, 0.717) is 74.9 Å². The topological polar surface area (TPSA) is 102 Å². The molecule has 1 unspecified atom stereocenters. The third kappa shape index (κ3) is 7.51. The maximum absolute atomic E-state index is 13.2. The fourth-order valence-electron chi connectivity index (χ4n) is 8.84.